The molecule has 6 N–H and O–H groups in total. The number of benzene rings is 1. The summed E-state index contributed by atoms with van der Waals surface area (Å²) in [7, 11) is 0. The van der Waals surface area contributed by atoms with Gasteiger partial charge in [0.25, 0.3) is 0 Å². The molecule has 1 unspecified atom stereocenters. The van der Waals surface area contributed by atoms with E-state index >= 15 is 0 Å². The molecule has 8 nitrogen and oxygen atoms in total. The van der Waals surface area contributed by atoms with Gasteiger partial charge in [0.05, 0.1) is 11.2 Å². The SMILES string of the molecule is Nc1nc(N2CCC3(CC2)c2ccccc2OCC3N)cnc1Sc1ccnc(N)c1Cl. The fraction of sp³-hybridized carbons (Fsp3) is 0.318. The number of rotatable bonds is 3. The van der Waals surface area contributed by atoms with Crippen molar-refractivity contribution in [3.8, 4) is 5.75 Å². The molecule has 0 amide bonds. The van der Waals surface area contributed by atoms with Crippen LogP contribution in [0.25, 0.3) is 0 Å². The van der Waals surface area contributed by atoms with Crippen molar-refractivity contribution in [1.29, 1.82) is 0 Å². The Labute approximate surface area is 195 Å². The summed E-state index contributed by atoms with van der Waals surface area (Å²) in [4.78, 5) is 16.1. The Morgan fingerprint density at radius 1 is 1.09 bits per heavy atom. The monoisotopic (exact) mass is 469 g/mol. The van der Waals surface area contributed by atoms with Gasteiger partial charge in [0.1, 0.15) is 29.0 Å². The average molecular weight is 470 g/mol. The highest BCUT2D eigenvalue weighted by Crippen LogP contribution is 2.45. The van der Waals surface area contributed by atoms with Crippen LogP contribution in [-0.2, 0) is 5.41 Å². The number of aromatic nitrogens is 3. The van der Waals surface area contributed by atoms with Crippen molar-refractivity contribution >= 4 is 40.8 Å². The number of ether oxygens (including phenoxy) is 1. The lowest BCUT2D eigenvalue weighted by Gasteiger charge is -2.48. The number of nitrogens with zero attached hydrogens (tertiary/aromatic N) is 4. The molecule has 10 heteroatoms. The molecule has 0 saturated carbocycles. The van der Waals surface area contributed by atoms with E-state index in [-0.39, 0.29) is 17.3 Å². The maximum Gasteiger partial charge on any atom is 0.158 e. The molecule has 0 aliphatic carbocycles. The van der Waals surface area contributed by atoms with E-state index in [1.54, 1.807) is 18.5 Å². The highest BCUT2D eigenvalue weighted by Gasteiger charge is 2.45. The second-order valence-electron chi connectivity index (χ2n) is 8.09. The summed E-state index contributed by atoms with van der Waals surface area (Å²) in [5.74, 6) is 2.33. The van der Waals surface area contributed by atoms with Gasteiger partial charge in [0.15, 0.2) is 5.82 Å². The number of pyridine rings is 1. The molecular weight excluding hydrogens is 446 g/mol. The maximum absolute atomic E-state index is 6.57. The standard InChI is InChI=1S/C22H24ClN7OS/c23-18-15(5-8-27-19(18)25)32-21-20(26)29-17(11-28-21)30-9-6-22(7-10-30)13-3-1-2-4-14(13)31-12-16(22)24/h1-5,8,11,16H,6-7,9-10,12,24H2,(H2,25,27)(H2,26,29). The van der Waals surface area contributed by atoms with Crippen LogP contribution in [0.5, 0.6) is 5.75 Å². The molecule has 5 rings (SSSR count). The van der Waals surface area contributed by atoms with E-state index in [4.69, 9.17) is 33.5 Å². The molecular formula is C22H24ClN7OS. The van der Waals surface area contributed by atoms with Gasteiger partial charge in [0.2, 0.25) is 0 Å². The van der Waals surface area contributed by atoms with E-state index in [9.17, 15) is 0 Å². The molecule has 0 bridgehead atoms. The van der Waals surface area contributed by atoms with E-state index in [0.29, 0.717) is 22.5 Å². The molecule has 0 radical (unpaired) electrons. The molecule has 2 aromatic heterocycles. The Bertz CT molecular complexity index is 1150. The molecule has 166 valence electrons. The first-order valence-electron chi connectivity index (χ1n) is 10.4. The maximum atomic E-state index is 6.57. The van der Waals surface area contributed by atoms with Gasteiger partial charge in [-0.2, -0.15) is 0 Å². The fourth-order valence-corrected chi connectivity index (χ4v) is 5.57. The van der Waals surface area contributed by atoms with Crippen molar-refractivity contribution in [2.45, 2.75) is 34.2 Å². The van der Waals surface area contributed by atoms with Crippen LogP contribution < -0.4 is 26.8 Å². The van der Waals surface area contributed by atoms with Crippen LogP contribution in [0.3, 0.4) is 0 Å². The first-order valence-corrected chi connectivity index (χ1v) is 11.6. The van der Waals surface area contributed by atoms with Crippen molar-refractivity contribution in [1.82, 2.24) is 15.0 Å². The summed E-state index contributed by atoms with van der Waals surface area (Å²) in [6.07, 6.45) is 5.19. The van der Waals surface area contributed by atoms with Crippen molar-refractivity contribution in [3.63, 3.8) is 0 Å². The number of hydrogen-bond acceptors (Lipinski definition) is 9. The van der Waals surface area contributed by atoms with Crippen molar-refractivity contribution in [2.75, 3.05) is 36.1 Å². The second-order valence-corrected chi connectivity index (χ2v) is 9.49. The lowest BCUT2D eigenvalue weighted by Crippen LogP contribution is -2.57. The predicted molar refractivity (Wildman–Crippen MR) is 127 cm³/mol. The van der Waals surface area contributed by atoms with Gasteiger partial charge in [-0.05, 0) is 25.0 Å². The van der Waals surface area contributed by atoms with Crippen molar-refractivity contribution in [2.24, 2.45) is 5.73 Å². The van der Waals surface area contributed by atoms with Crippen LogP contribution in [-0.4, -0.2) is 40.7 Å². The molecule has 32 heavy (non-hydrogen) atoms. The second kappa shape index (κ2) is 8.31. The van der Waals surface area contributed by atoms with Gasteiger partial charge < -0.3 is 26.8 Å². The molecule has 1 atom stereocenters. The minimum absolute atomic E-state index is 0.0352. The number of nitrogen functional groups attached to an aromatic ring is 2. The van der Waals surface area contributed by atoms with Crippen molar-refractivity contribution in [3.05, 3.63) is 53.3 Å². The number of fused-ring (bicyclic) bond motifs is 2. The van der Waals surface area contributed by atoms with Crippen LogP contribution in [0.4, 0.5) is 17.5 Å². The van der Waals surface area contributed by atoms with Gasteiger partial charge >= 0.3 is 0 Å². The Balaban J connectivity index is 1.33. The zero-order chi connectivity index (χ0) is 22.3. The van der Waals surface area contributed by atoms with E-state index < -0.39 is 0 Å². The molecule has 2 aliphatic rings. The third-order valence-electron chi connectivity index (χ3n) is 6.37. The summed E-state index contributed by atoms with van der Waals surface area (Å²) < 4.78 is 5.87. The van der Waals surface area contributed by atoms with E-state index in [2.05, 4.69) is 32.0 Å². The first kappa shape index (κ1) is 21.1. The van der Waals surface area contributed by atoms with E-state index in [1.807, 2.05) is 12.1 Å². The smallest absolute Gasteiger partial charge is 0.158 e. The molecule has 2 aliphatic heterocycles. The summed E-state index contributed by atoms with van der Waals surface area (Å²) >= 11 is 7.56. The number of piperidine rings is 1. The minimum Gasteiger partial charge on any atom is -0.492 e. The number of para-hydroxylation sites is 1. The quantitative estimate of drug-likeness (QED) is 0.529. The zero-order valence-electron chi connectivity index (χ0n) is 17.4. The van der Waals surface area contributed by atoms with Crippen LogP contribution in [0.15, 0.2) is 52.6 Å². The van der Waals surface area contributed by atoms with Crippen LogP contribution in [0.2, 0.25) is 5.02 Å². The van der Waals surface area contributed by atoms with Gasteiger partial charge in [-0.15, -0.1) is 0 Å². The summed E-state index contributed by atoms with van der Waals surface area (Å²) in [6.45, 7) is 2.17. The van der Waals surface area contributed by atoms with E-state index in [0.717, 1.165) is 42.4 Å². The lowest BCUT2D eigenvalue weighted by molar-refractivity contribution is 0.156. The zero-order valence-corrected chi connectivity index (χ0v) is 18.9. The summed E-state index contributed by atoms with van der Waals surface area (Å²) in [6, 6.07) is 9.97. The largest absolute Gasteiger partial charge is 0.492 e. The van der Waals surface area contributed by atoms with Crippen LogP contribution in [0.1, 0.15) is 18.4 Å². The predicted octanol–water partition coefficient (Wildman–Crippen LogP) is 3.10. The molecule has 1 saturated heterocycles. The molecule has 1 spiro atoms. The highest BCUT2D eigenvalue weighted by atomic mass is 35.5. The molecule has 4 heterocycles. The fourth-order valence-electron chi connectivity index (χ4n) is 4.56. The Kier molecular flexibility index (Phi) is 5.48. The lowest BCUT2D eigenvalue weighted by atomic mass is 9.66. The van der Waals surface area contributed by atoms with Gasteiger partial charge in [0, 0.05) is 41.2 Å². The molecule has 3 aromatic rings. The third kappa shape index (κ3) is 3.60. The number of hydrogen-bond donors (Lipinski definition) is 3. The highest BCUT2D eigenvalue weighted by molar-refractivity contribution is 7.99. The van der Waals surface area contributed by atoms with Gasteiger partial charge in [-0.3, -0.25) is 0 Å². The summed E-state index contributed by atoms with van der Waals surface area (Å²) in [5, 5.41) is 0.965. The number of halogens is 1. The Morgan fingerprint density at radius 2 is 1.88 bits per heavy atom. The normalized spacial score (nSPS) is 19.4. The molecule has 1 aromatic carbocycles. The summed E-state index contributed by atoms with van der Waals surface area (Å²) in [5.41, 5.74) is 19.7. The van der Waals surface area contributed by atoms with E-state index in [1.165, 1.54) is 17.3 Å². The first-order chi connectivity index (χ1) is 15.5. The van der Waals surface area contributed by atoms with Gasteiger partial charge in [-0.25, -0.2) is 15.0 Å². The number of anilines is 3. The topological polar surface area (TPSA) is 129 Å². The number of nitrogens with two attached hydrogens (primary N) is 3. The average Bonchev–Trinajstić information content (AvgIpc) is 2.81. The van der Waals surface area contributed by atoms with Crippen LogP contribution in [0, 0.1) is 0 Å². The molecule has 1 fully saturated rings. The van der Waals surface area contributed by atoms with Crippen LogP contribution >= 0.6 is 23.4 Å². The minimum atomic E-state index is -0.0852. The Morgan fingerprint density at radius 3 is 2.66 bits per heavy atom. The third-order valence-corrected chi connectivity index (χ3v) is 7.95. The van der Waals surface area contributed by atoms with Gasteiger partial charge in [-0.1, -0.05) is 41.6 Å². The van der Waals surface area contributed by atoms with Crippen molar-refractivity contribution < 1.29 is 4.74 Å². The Hall–Kier alpha value is -2.75.